The lowest BCUT2D eigenvalue weighted by Gasteiger charge is -2.18. The molecule has 2 rings (SSSR count). The van der Waals surface area contributed by atoms with Gasteiger partial charge in [-0.25, -0.2) is 0 Å². The van der Waals surface area contributed by atoms with Gasteiger partial charge >= 0.3 is 0 Å². The van der Waals surface area contributed by atoms with Crippen molar-refractivity contribution < 1.29 is 4.79 Å². The Kier molecular flexibility index (Phi) is 4.47. The van der Waals surface area contributed by atoms with Crippen LogP contribution in [0.15, 0.2) is 30.6 Å². The van der Waals surface area contributed by atoms with Gasteiger partial charge in [0.15, 0.2) is 0 Å². The maximum atomic E-state index is 12.0. The molecule has 4 heteroatoms. The monoisotopic (exact) mass is 245 g/mol. The summed E-state index contributed by atoms with van der Waals surface area (Å²) >= 11 is 0. The van der Waals surface area contributed by atoms with E-state index in [-0.39, 0.29) is 5.91 Å². The van der Waals surface area contributed by atoms with E-state index in [1.807, 2.05) is 23.1 Å². The number of aromatic nitrogens is 1. The second kappa shape index (κ2) is 6.31. The lowest BCUT2D eigenvalue weighted by Crippen LogP contribution is -2.33. The summed E-state index contributed by atoms with van der Waals surface area (Å²) in [6.07, 6.45) is 7.99. The first kappa shape index (κ1) is 12.8. The van der Waals surface area contributed by atoms with E-state index in [0.29, 0.717) is 0 Å². The molecule has 1 fully saturated rings. The van der Waals surface area contributed by atoms with E-state index < -0.39 is 0 Å². The van der Waals surface area contributed by atoms with Gasteiger partial charge in [-0.1, -0.05) is 6.07 Å². The zero-order chi connectivity index (χ0) is 12.8. The highest BCUT2D eigenvalue weighted by atomic mass is 16.2. The Balaban J connectivity index is 1.93. The molecule has 1 aliphatic heterocycles. The summed E-state index contributed by atoms with van der Waals surface area (Å²) in [7, 11) is 2.10. The van der Waals surface area contributed by atoms with Gasteiger partial charge in [0.2, 0.25) is 5.91 Å². The first-order valence-corrected chi connectivity index (χ1v) is 6.31. The van der Waals surface area contributed by atoms with Gasteiger partial charge < -0.3 is 9.80 Å². The predicted octanol–water partition coefficient (Wildman–Crippen LogP) is 1.26. The second-order valence-electron chi connectivity index (χ2n) is 4.60. The van der Waals surface area contributed by atoms with E-state index in [2.05, 4.69) is 16.9 Å². The van der Waals surface area contributed by atoms with E-state index in [1.165, 1.54) is 0 Å². The molecule has 0 aliphatic carbocycles. The largest absolute Gasteiger partial charge is 0.338 e. The predicted molar refractivity (Wildman–Crippen MR) is 72.0 cm³/mol. The second-order valence-corrected chi connectivity index (χ2v) is 4.60. The minimum absolute atomic E-state index is 0.0918. The van der Waals surface area contributed by atoms with Gasteiger partial charge in [0.05, 0.1) is 0 Å². The zero-order valence-electron chi connectivity index (χ0n) is 10.7. The Morgan fingerprint density at radius 1 is 1.33 bits per heavy atom. The summed E-state index contributed by atoms with van der Waals surface area (Å²) in [6, 6.07) is 3.80. The molecule has 1 aromatic rings. The number of rotatable bonds is 2. The molecule has 18 heavy (non-hydrogen) atoms. The standard InChI is InChI=1S/C14H19N3O/c1-16-8-3-9-17(11-10-16)14(18)6-5-13-4-2-7-15-12-13/h2,4-7,12H,3,8-11H2,1H3/b6-5+. The first-order valence-electron chi connectivity index (χ1n) is 6.31. The van der Waals surface area contributed by atoms with E-state index in [0.717, 1.165) is 38.2 Å². The van der Waals surface area contributed by atoms with E-state index in [9.17, 15) is 4.79 Å². The molecule has 1 amide bonds. The molecule has 96 valence electrons. The minimum Gasteiger partial charge on any atom is -0.338 e. The average molecular weight is 245 g/mol. The fourth-order valence-corrected chi connectivity index (χ4v) is 2.01. The quantitative estimate of drug-likeness (QED) is 0.736. The van der Waals surface area contributed by atoms with Crippen molar-refractivity contribution in [2.75, 3.05) is 33.2 Å². The molecule has 1 aliphatic rings. The third-order valence-electron chi connectivity index (χ3n) is 3.13. The van der Waals surface area contributed by atoms with Crippen molar-refractivity contribution in [3.05, 3.63) is 36.2 Å². The molecule has 2 heterocycles. The summed E-state index contributed by atoms with van der Waals surface area (Å²) in [5.74, 6) is 0.0918. The lowest BCUT2D eigenvalue weighted by molar-refractivity contribution is -0.125. The van der Waals surface area contributed by atoms with Crippen LogP contribution < -0.4 is 0 Å². The van der Waals surface area contributed by atoms with E-state index in [4.69, 9.17) is 0 Å². The Labute approximate surface area is 108 Å². The molecular weight excluding hydrogens is 226 g/mol. The molecule has 0 radical (unpaired) electrons. The van der Waals surface area contributed by atoms with Crippen molar-refractivity contribution in [1.29, 1.82) is 0 Å². The molecule has 0 atom stereocenters. The third-order valence-corrected chi connectivity index (χ3v) is 3.13. The van der Waals surface area contributed by atoms with Crippen molar-refractivity contribution >= 4 is 12.0 Å². The van der Waals surface area contributed by atoms with Crippen molar-refractivity contribution in [2.24, 2.45) is 0 Å². The molecule has 0 spiro atoms. The number of carbonyl (C=O) groups excluding carboxylic acids is 1. The van der Waals surface area contributed by atoms with Gasteiger partial charge in [-0.05, 0) is 37.7 Å². The average Bonchev–Trinajstić information content (AvgIpc) is 2.62. The zero-order valence-corrected chi connectivity index (χ0v) is 10.7. The Bertz CT molecular complexity index is 416. The molecular formula is C14H19N3O. The molecule has 0 unspecified atom stereocenters. The van der Waals surface area contributed by atoms with Crippen LogP contribution in [-0.4, -0.2) is 53.9 Å². The number of pyridine rings is 1. The van der Waals surface area contributed by atoms with Crippen LogP contribution in [0.1, 0.15) is 12.0 Å². The maximum Gasteiger partial charge on any atom is 0.246 e. The highest BCUT2D eigenvalue weighted by Gasteiger charge is 2.14. The van der Waals surface area contributed by atoms with Gasteiger partial charge in [0, 0.05) is 38.1 Å². The number of carbonyl (C=O) groups is 1. The summed E-state index contributed by atoms with van der Waals surface area (Å²) < 4.78 is 0. The highest BCUT2D eigenvalue weighted by molar-refractivity contribution is 5.91. The van der Waals surface area contributed by atoms with Crippen LogP contribution in [0.25, 0.3) is 6.08 Å². The molecule has 0 aromatic carbocycles. The number of likely N-dealkylation sites (N-methyl/N-ethyl adjacent to an activating group) is 1. The lowest BCUT2D eigenvalue weighted by atomic mass is 10.2. The smallest absolute Gasteiger partial charge is 0.246 e. The van der Waals surface area contributed by atoms with Crippen LogP contribution in [0.5, 0.6) is 0 Å². The van der Waals surface area contributed by atoms with Crippen molar-refractivity contribution in [3.63, 3.8) is 0 Å². The minimum atomic E-state index is 0.0918. The SMILES string of the molecule is CN1CCCN(C(=O)/C=C/c2cccnc2)CC1. The van der Waals surface area contributed by atoms with E-state index >= 15 is 0 Å². The summed E-state index contributed by atoms with van der Waals surface area (Å²) in [5, 5.41) is 0. The summed E-state index contributed by atoms with van der Waals surface area (Å²) in [5.41, 5.74) is 0.956. The van der Waals surface area contributed by atoms with Gasteiger partial charge in [-0.2, -0.15) is 0 Å². The van der Waals surface area contributed by atoms with Gasteiger partial charge in [0.25, 0.3) is 0 Å². The van der Waals surface area contributed by atoms with Crippen LogP contribution in [0.4, 0.5) is 0 Å². The van der Waals surface area contributed by atoms with Crippen LogP contribution in [0.2, 0.25) is 0 Å². The fraction of sp³-hybridized carbons (Fsp3) is 0.429. The van der Waals surface area contributed by atoms with Crippen LogP contribution >= 0.6 is 0 Å². The number of hydrogen-bond donors (Lipinski definition) is 0. The highest BCUT2D eigenvalue weighted by Crippen LogP contribution is 2.04. The molecule has 4 nitrogen and oxygen atoms in total. The fourth-order valence-electron chi connectivity index (χ4n) is 2.01. The van der Waals surface area contributed by atoms with Gasteiger partial charge in [0.1, 0.15) is 0 Å². The third kappa shape index (κ3) is 3.67. The molecule has 1 aromatic heterocycles. The number of nitrogens with zero attached hydrogens (tertiary/aromatic N) is 3. The number of amides is 1. The summed E-state index contributed by atoms with van der Waals surface area (Å²) in [6.45, 7) is 3.68. The number of hydrogen-bond acceptors (Lipinski definition) is 3. The van der Waals surface area contributed by atoms with Crippen LogP contribution in [-0.2, 0) is 4.79 Å². The Hall–Kier alpha value is -1.68. The van der Waals surface area contributed by atoms with Crippen molar-refractivity contribution in [3.8, 4) is 0 Å². The topological polar surface area (TPSA) is 36.4 Å². The van der Waals surface area contributed by atoms with Crippen LogP contribution in [0, 0.1) is 0 Å². The summed E-state index contributed by atoms with van der Waals surface area (Å²) in [4.78, 5) is 20.2. The Morgan fingerprint density at radius 2 is 2.22 bits per heavy atom. The van der Waals surface area contributed by atoms with Crippen molar-refractivity contribution in [1.82, 2.24) is 14.8 Å². The van der Waals surface area contributed by atoms with Crippen LogP contribution in [0.3, 0.4) is 0 Å². The molecule has 1 saturated heterocycles. The normalized spacial score (nSPS) is 17.9. The molecule has 0 N–H and O–H groups in total. The van der Waals surface area contributed by atoms with Crippen molar-refractivity contribution in [2.45, 2.75) is 6.42 Å². The van der Waals surface area contributed by atoms with E-state index in [1.54, 1.807) is 18.5 Å². The Morgan fingerprint density at radius 3 is 3.00 bits per heavy atom. The van der Waals surface area contributed by atoms with Gasteiger partial charge in [-0.15, -0.1) is 0 Å². The van der Waals surface area contributed by atoms with Gasteiger partial charge in [-0.3, -0.25) is 9.78 Å². The maximum absolute atomic E-state index is 12.0. The molecule has 0 bridgehead atoms. The first-order chi connectivity index (χ1) is 8.75. The molecule has 0 saturated carbocycles.